The van der Waals surface area contributed by atoms with Crippen molar-refractivity contribution < 1.29 is 5.11 Å². The van der Waals surface area contributed by atoms with Crippen molar-refractivity contribution in [1.82, 2.24) is 5.32 Å². The third kappa shape index (κ3) is 2.23. The molecule has 0 bridgehead atoms. The van der Waals surface area contributed by atoms with Gasteiger partial charge in [0.15, 0.2) is 0 Å². The van der Waals surface area contributed by atoms with Gasteiger partial charge in [-0.3, -0.25) is 0 Å². The summed E-state index contributed by atoms with van der Waals surface area (Å²) >= 11 is 0. The lowest BCUT2D eigenvalue weighted by Crippen LogP contribution is -2.23. The number of nitrogens with one attached hydrogen (secondary N) is 1. The van der Waals surface area contributed by atoms with E-state index in [2.05, 4.69) is 11.4 Å². The summed E-state index contributed by atoms with van der Waals surface area (Å²) in [5.74, 6) is 0. The molecule has 0 aromatic carbocycles. The Kier molecular flexibility index (Phi) is 2.51. The summed E-state index contributed by atoms with van der Waals surface area (Å²) in [6, 6.07) is 0. The molecule has 0 fully saturated rings. The van der Waals surface area contributed by atoms with E-state index in [1.165, 1.54) is 5.70 Å². The van der Waals surface area contributed by atoms with Gasteiger partial charge < -0.3 is 10.4 Å². The van der Waals surface area contributed by atoms with Crippen LogP contribution in [0.25, 0.3) is 0 Å². The minimum absolute atomic E-state index is 0.263. The molecule has 0 heterocycles. The van der Waals surface area contributed by atoms with Gasteiger partial charge in [-0.25, -0.2) is 0 Å². The molecule has 0 radical (unpaired) electrons. The van der Waals surface area contributed by atoms with E-state index in [1.54, 1.807) is 6.92 Å². The van der Waals surface area contributed by atoms with Gasteiger partial charge in [-0.2, -0.15) is 0 Å². The molecule has 2 heteroatoms. The van der Waals surface area contributed by atoms with Gasteiger partial charge in [-0.05, 0) is 13.0 Å². The molecule has 1 rings (SSSR count). The molecule has 0 aromatic heterocycles. The van der Waals surface area contributed by atoms with E-state index in [1.807, 2.05) is 12.2 Å². The number of rotatable bonds is 3. The highest BCUT2D eigenvalue weighted by atomic mass is 16.3. The highest BCUT2D eigenvalue weighted by Crippen LogP contribution is 2.05. The smallest absolute Gasteiger partial charge is 0.0684 e. The predicted molar refractivity (Wildman–Crippen MR) is 41.5 cm³/mol. The number of aliphatic hydroxyl groups is 1. The molecule has 2 nitrogen and oxygen atoms in total. The molecular weight excluding hydrogens is 126 g/mol. The SMILES string of the molecule is CC(O)CNC1=CC=CC1. The number of aliphatic hydroxyl groups excluding tert-OH is 1. The van der Waals surface area contributed by atoms with Crippen molar-refractivity contribution in [3.05, 3.63) is 23.9 Å². The minimum atomic E-state index is -0.263. The standard InChI is InChI=1S/C8H13NO/c1-7(10)6-9-8-4-2-3-5-8/h2-4,7,9-10H,5-6H2,1H3. The van der Waals surface area contributed by atoms with Crippen LogP contribution in [0.3, 0.4) is 0 Å². The summed E-state index contributed by atoms with van der Waals surface area (Å²) in [5.41, 5.74) is 1.20. The third-order valence-electron chi connectivity index (χ3n) is 1.40. The molecule has 1 aliphatic carbocycles. The first-order chi connectivity index (χ1) is 4.79. The van der Waals surface area contributed by atoms with Gasteiger partial charge in [0.1, 0.15) is 0 Å². The molecule has 56 valence electrons. The molecule has 10 heavy (non-hydrogen) atoms. The summed E-state index contributed by atoms with van der Waals surface area (Å²) in [6.07, 6.45) is 6.85. The molecule has 1 atom stereocenters. The van der Waals surface area contributed by atoms with Crippen molar-refractivity contribution >= 4 is 0 Å². The summed E-state index contributed by atoms with van der Waals surface area (Å²) in [7, 11) is 0. The van der Waals surface area contributed by atoms with Crippen LogP contribution in [-0.4, -0.2) is 17.8 Å². The van der Waals surface area contributed by atoms with Crippen LogP contribution in [0.5, 0.6) is 0 Å². The molecule has 0 saturated heterocycles. The molecule has 0 saturated carbocycles. The Morgan fingerprint density at radius 3 is 3.10 bits per heavy atom. The first kappa shape index (κ1) is 7.35. The zero-order chi connectivity index (χ0) is 7.40. The first-order valence-corrected chi connectivity index (χ1v) is 3.56. The molecule has 1 unspecified atom stereocenters. The number of hydrogen-bond acceptors (Lipinski definition) is 2. The fraction of sp³-hybridized carbons (Fsp3) is 0.500. The fourth-order valence-corrected chi connectivity index (χ4v) is 0.857. The van der Waals surface area contributed by atoms with E-state index < -0.39 is 0 Å². The van der Waals surface area contributed by atoms with Crippen LogP contribution in [0.15, 0.2) is 23.9 Å². The first-order valence-electron chi connectivity index (χ1n) is 3.56. The van der Waals surface area contributed by atoms with E-state index in [-0.39, 0.29) is 6.10 Å². The Bertz CT molecular complexity index is 159. The summed E-state index contributed by atoms with van der Waals surface area (Å²) in [6.45, 7) is 2.42. The lowest BCUT2D eigenvalue weighted by molar-refractivity contribution is 0.195. The zero-order valence-electron chi connectivity index (χ0n) is 6.17. The van der Waals surface area contributed by atoms with E-state index >= 15 is 0 Å². The second-order valence-electron chi connectivity index (χ2n) is 2.55. The second-order valence-corrected chi connectivity index (χ2v) is 2.55. The average Bonchev–Trinajstić information content (AvgIpc) is 2.34. The van der Waals surface area contributed by atoms with Crippen molar-refractivity contribution in [3.63, 3.8) is 0 Å². The minimum Gasteiger partial charge on any atom is -0.392 e. The summed E-state index contributed by atoms with van der Waals surface area (Å²) in [5, 5.41) is 12.0. The Morgan fingerprint density at radius 1 is 1.80 bits per heavy atom. The molecule has 0 aromatic rings. The van der Waals surface area contributed by atoms with Crippen LogP contribution in [0.2, 0.25) is 0 Å². The predicted octanol–water partition coefficient (Wildman–Crippen LogP) is 0.801. The van der Waals surface area contributed by atoms with Crippen LogP contribution < -0.4 is 5.32 Å². The maximum atomic E-state index is 8.90. The van der Waals surface area contributed by atoms with E-state index in [4.69, 9.17) is 5.11 Å². The molecular formula is C8H13NO. The van der Waals surface area contributed by atoms with Crippen molar-refractivity contribution in [1.29, 1.82) is 0 Å². The average molecular weight is 139 g/mol. The van der Waals surface area contributed by atoms with Crippen molar-refractivity contribution in [2.75, 3.05) is 6.54 Å². The maximum absolute atomic E-state index is 8.90. The lowest BCUT2D eigenvalue weighted by atomic mass is 10.3. The number of allylic oxidation sites excluding steroid dienone is 3. The van der Waals surface area contributed by atoms with Gasteiger partial charge in [0.2, 0.25) is 0 Å². The van der Waals surface area contributed by atoms with Gasteiger partial charge in [0, 0.05) is 18.7 Å². The van der Waals surface area contributed by atoms with E-state index in [0.29, 0.717) is 6.54 Å². The van der Waals surface area contributed by atoms with E-state index in [0.717, 1.165) is 6.42 Å². The van der Waals surface area contributed by atoms with Crippen LogP contribution in [0.1, 0.15) is 13.3 Å². The van der Waals surface area contributed by atoms with Crippen LogP contribution >= 0.6 is 0 Å². The van der Waals surface area contributed by atoms with Gasteiger partial charge in [0.05, 0.1) is 6.10 Å². The van der Waals surface area contributed by atoms with E-state index in [9.17, 15) is 0 Å². The maximum Gasteiger partial charge on any atom is 0.0684 e. The molecule has 0 spiro atoms. The van der Waals surface area contributed by atoms with Crippen molar-refractivity contribution in [2.24, 2.45) is 0 Å². The molecule has 0 amide bonds. The Balaban J connectivity index is 2.15. The summed E-state index contributed by atoms with van der Waals surface area (Å²) in [4.78, 5) is 0. The zero-order valence-corrected chi connectivity index (χ0v) is 6.17. The Hall–Kier alpha value is -0.760. The lowest BCUT2D eigenvalue weighted by Gasteiger charge is -2.07. The second kappa shape index (κ2) is 3.42. The molecule has 1 aliphatic rings. The van der Waals surface area contributed by atoms with Gasteiger partial charge in [-0.1, -0.05) is 12.2 Å². The Labute approximate surface area is 61.3 Å². The topological polar surface area (TPSA) is 32.3 Å². The van der Waals surface area contributed by atoms with Crippen molar-refractivity contribution in [2.45, 2.75) is 19.4 Å². The summed E-state index contributed by atoms with van der Waals surface area (Å²) < 4.78 is 0. The normalized spacial score (nSPS) is 18.8. The number of hydrogen-bond donors (Lipinski definition) is 2. The monoisotopic (exact) mass is 139 g/mol. The highest BCUT2D eigenvalue weighted by Gasteiger charge is 1.99. The highest BCUT2D eigenvalue weighted by molar-refractivity contribution is 5.21. The largest absolute Gasteiger partial charge is 0.392 e. The third-order valence-corrected chi connectivity index (χ3v) is 1.40. The molecule has 0 aliphatic heterocycles. The van der Waals surface area contributed by atoms with Crippen LogP contribution in [0.4, 0.5) is 0 Å². The van der Waals surface area contributed by atoms with Crippen LogP contribution in [0, 0.1) is 0 Å². The van der Waals surface area contributed by atoms with Gasteiger partial charge >= 0.3 is 0 Å². The van der Waals surface area contributed by atoms with Gasteiger partial charge in [-0.15, -0.1) is 0 Å². The van der Waals surface area contributed by atoms with Gasteiger partial charge in [0.25, 0.3) is 0 Å². The quantitative estimate of drug-likeness (QED) is 0.606. The van der Waals surface area contributed by atoms with Crippen molar-refractivity contribution in [3.8, 4) is 0 Å². The van der Waals surface area contributed by atoms with Crippen LogP contribution in [-0.2, 0) is 0 Å². The fourth-order valence-electron chi connectivity index (χ4n) is 0.857. The molecule has 2 N–H and O–H groups in total. The Morgan fingerprint density at radius 2 is 2.60 bits per heavy atom.